The van der Waals surface area contributed by atoms with Crippen LogP contribution in [0.1, 0.15) is 25.0 Å². The lowest BCUT2D eigenvalue weighted by molar-refractivity contribution is -0.205. The van der Waals surface area contributed by atoms with Gasteiger partial charge in [-0.1, -0.05) is 60.7 Å². The van der Waals surface area contributed by atoms with Gasteiger partial charge in [0, 0.05) is 12.8 Å². The Hall–Kier alpha value is -2.38. The second-order valence-corrected chi connectivity index (χ2v) is 7.13. The van der Waals surface area contributed by atoms with Gasteiger partial charge in [-0.2, -0.15) is 0 Å². The van der Waals surface area contributed by atoms with E-state index in [4.69, 9.17) is 0 Å². The van der Waals surface area contributed by atoms with Crippen molar-refractivity contribution in [1.82, 2.24) is 0 Å². The lowest BCUT2D eigenvalue weighted by atomic mass is 9.72. The third-order valence-corrected chi connectivity index (χ3v) is 5.08. The van der Waals surface area contributed by atoms with Crippen LogP contribution in [0.4, 0.5) is 0 Å². The predicted molar refractivity (Wildman–Crippen MR) is 104 cm³/mol. The molecule has 2 aromatic carbocycles. The Morgan fingerprint density at radius 1 is 0.893 bits per heavy atom. The zero-order chi connectivity index (χ0) is 20.9. The average molecular weight is 386 g/mol. The molecule has 6 heteroatoms. The fourth-order valence-electron chi connectivity index (χ4n) is 3.27. The molecule has 2 rings (SSSR count). The van der Waals surface area contributed by atoms with E-state index in [2.05, 4.69) is 0 Å². The van der Waals surface area contributed by atoms with Crippen LogP contribution in [-0.4, -0.2) is 55.4 Å². The summed E-state index contributed by atoms with van der Waals surface area (Å²) in [5, 5.41) is 42.8. The van der Waals surface area contributed by atoms with Gasteiger partial charge in [-0.05, 0) is 25.0 Å². The number of benzene rings is 2. The van der Waals surface area contributed by atoms with Crippen molar-refractivity contribution in [3.63, 3.8) is 0 Å². The number of carbonyl (C=O) groups is 2. The van der Waals surface area contributed by atoms with Crippen LogP contribution in [0.25, 0.3) is 0 Å². The smallest absolute Gasteiger partial charge is 0.177 e. The Bertz CT molecular complexity index is 804. The number of carbonyl (C=O) groups excluding carboxylic acids is 2. The topological polar surface area (TPSA) is 115 Å². The molecule has 0 aliphatic heterocycles. The zero-order valence-corrected chi connectivity index (χ0v) is 15.9. The third-order valence-electron chi connectivity index (χ3n) is 5.08. The number of ketones is 2. The van der Waals surface area contributed by atoms with Gasteiger partial charge in [-0.3, -0.25) is 9.59 Å². The molecule has 150 valence electrons. The van der Waals surface area contributed by atoms with Crippen molar-refractivity contribution in [2.75, 3.05) is 0 Å². The second kappa shape index (κ2) is 8.75. The maximum Gasteiger partial charge on any atom is 0.177 e. The summed E-state index contributed by atoms with van der Waals surface area (Å²) in [6, 6.07) is 17.1. The maximum atomic E-state index is 13.1. The van der Waals surface area contributed by atoms with Gasteiger partial charge in [-0.25, -0.2) is 0 Å². The first kappa shape index (κ1) is 21.9. The Kier molecular flexibility index (Phi) is 6.85. The van der Waals surface area contributed by atoms with Crippen molar-refractivity contribution in [1.29, 1.82) is 0 Å². The Labute approximate surface area is 164 Å². The van der Waals surface area contributed by atoms with E-state index in [-0.39, 0.29) is 12.8 Å². The Morgan fingerprint density at radius 2 is 1.36 bits per heavy atom. The molecule has 0 amide bonds. The van der Waals surface area contributed by atoms with Crippen LogP contribution in [-0.2, 0) is 22.4 Å². The van der Waals surface area contributed by atoms with Gasteiger partial charge >= 0.3 is 0 Å². The summed E-state index contributed by atoms with van der Waals surface area (Å²) in [6.45, 7) is 2.11. The van der Waals surface area contributed by atoms with E-state index < -0.39 is 35.0 Å². The van der Waals surface area contributed by atoms with Gasteiger partial charge in [-0.15, -0.1) is 0 Å². The summed E-state index contributed by atoms with van der Waals surface area (Å²) in [4.78, 5) is 25.1. The standard InChI is InChI=1S/C22H26O6/c1-15(23)22(28,16(2)24)20(26)21(27,14-18-11-7-4-8-12-18)19(25)13-17-9-5-3-6-10-17/h3-12,15,20,23,26-28H,13-14H2,1-2H3/t15-,20-,21+,22-/m0/s1. The van der Waals surface area contributed by atoms with E-state index in [1.54, 1.807) is 60.7 Å². The molecule has 0 fully saturated rings. The van der Waals surface area contributed by atoms with Gasteiger partial charge in [0.2, 0.25) is 0 Å². The molecule has 0 unspecified atom stereocenters. The van der Waals surface area contributed by atoms with Crippen molar-refractivity contribution in [2.24, 2.45) is 0 Å². The van der Waals surface area contributed by atoms with Crippen molar-refractivity contribution >= 4 is 11.6 Å². The van der Waals surface area contributed by atoms with Gasteiger partial charge in [0.05, 0.1) is 6.10 Å². The van der Waals surface area contributed by atoms with Gasteiger partial charge in [0.15, 0.2) is 22.8 Å². The van der Waals surface area contributed by atoms with E-state index in [9.17, 15) is 30.0 Å². The minimum atomic E-state index is -2.70. The predicted octanol–water partition coefficient (Wildman–Crippen LogP) is 0.834. The lowest BCUT2D eigenvalue weighted by Gasteiger charge is -2.42. The number of aliphatic hydroxyl groups excluding tert-OH is 2. The highest BCUT2D eigenvalue weighted by molar-refractivity contribution is 5.93. The zero-order valence-electron chi connectivity index (χ0n) is 15.9. The molecule has 4 N–H and O–H groups in total. The van der Waals surface area contributed by atoms with Crippen LogP contribution in [0.5, 0.6) is 0 Å². The first-order valence-corrected chi connectivity index (χ1v) is 9.05. The van der Waals surface area contributed by atoms with Crippen molar-refractivity contribution in [3.05, 3.63) is 71.8 Å². The average Bonchev–Trinajstić information content (AvgIpc) is 2.67. The van der Waals surface area contributed by atoms with Crippen LogP contribution >= 0.6 is 0 Å². The van der Waals surface area contributed by atoms with E-state index in [0.29, 0.717) is 11.1 Å². The maximum absolute atomic E-state index is 13.1. The second-order valence-electron chi connectivity index (χ2n) is 7.13. The number of hydrogen-bond donors (Lipinski definition) is 4. The largest absolute Gasteiger partial charge is 0.390 e. The summed E-state index contributed by atoms with van der Waals surface area (Å²) in [6.07, 6.45) is -4.47. The van der Waals surface area contributed by atoms with E-state index in [1.165, 1.54) is 0 Å². The number of hydrogen-bond acceptors (Lipinski definition) is 6. The van der Waals surface area contributed by atoms with Crippen molar-refractivity contribution in [2.45, 2.75) is 50.1 Å². The number of rotatable bonds is 9. The van der Waals surface area contributed by atoms with Gasteiger partial charge < -0.3 is 20.4 Å². The minimum Gasteiger partial charge on any atom is -0.390 e. The molecule has 0 spiro atoms. The molecule has 0 bridgehead atoms. The molecule has 0 aromatic heterocycles. The van der Waals surface area contributed by atoms with Crippen molar-refractivity contribution < 1.29 is 30.0 Å². The minimum absolute atomic E-state index is 0.213. The highest BCUT2D eigenvalue weighted by Crippen LogP contribution is 2.31. The van der Waals surface area contributed by atoms with Crippen LogP contribution in [0.2, 0.25) is 0 Å². The molecule has 0 aliphatic carbocycles. The highest BCUT2D eigenvalue weighted by atomic mass is 16.4. The molecule has 0 heterocycles. The molecule has 4 atom stereocenters. The fourth-order valence-corrected chi connectivity index (χ4v) is 3.27. The van der Waals surface area contributed by atoms with Crippen LogP contribution in [0.15, 0.2) is 60.7 Å². The summed E-state index contributed by atoms with van der Waals surface area (Å²) >= 11 is 0. The molecule has 0 aliphatic rings. The first-order chi connectivity index (χ1) is 13.1. The van der Waals surface area contributed by atoms with E-state index >= 15 is 0 Å². The van der Waals surface area contributed by atoms with Crippen LogP contribution < -0.4 is 0 Å². The Balaban J connectivity index is 2.48. The van der Waals surface area contributed by atoms with Gasteiger partial charge in [0.25, 0.3) is 0 Å². The monoisotopic (exact) mass is 386 g/mol. The molecule has 0 saturated carbocycles. The van der Waals surface area contributed by atoms with Crippen molar-refractivity contribution in [3.8, 4) is 0 Å². The number of aliphatic hydroxyl groups is 4. The summed E-state index contributed by atoms with van der Waals surface area (Å²) in [5.74, 6) is -1.72. The van der Waals surface area contributed by atoms with E-state index in [1.807, 2.05) is 0 Å². The van der Waals surface area contributed by atoms with Gasteiger partial charge in [0.1, 0.15) is 6.10 Å². The fraction of sp³-hybridized carbons (Fsp3) is 0.364. The molecule has 28 heavy (non-hydrogen) atoms. The van der Waals surface area contributed by atoms with Crippen LogP contribution in [0.3, 0.4) is 0 Å². The highest BCUT2D eigenvalue weighted by Gasteiger charge is 2.57. The first-order valence-electron chi connectivity index (χ1n) is 9.05. The summed E-state index contributed by atoms with van der Waals surface area (Å²) in [7, 11) is 0. The quantitative estimate of drug-likeness (QED) is 0.508. The SMILES string of the molecule is CC(=O)[C@@](O)([C@H](C)O)[C@@H](O)[C@@](O)(Cc1ccccc1)C(=O)Cc1ccccc1. The summed E-state index contributed by atoms with van der Waals surface area (Å²) < 4.78 is 0. The molecular formula is C22H26O6. The molecule has 6 nitrogen and oxygen atoms in total. The molecule has 0 radical (unpaired) electrons. The molecule has 0 saturated heterocycles. The molecular weight excluding hydrogens is 360 g/mol. The number of Topliss-reactive ketones (excluding diaryl/α,β-unsaturated/α-hetero) is 2. The molecule has 2 aromatic rings. The van der Waals surface area contributed by atoms with E-state index in [0.717, 1.165) is 13.8 Å². The Morgan fingerprint density at radius 3 is 1.79 bits per heavy atom. The normalized spacial score (nSPS) is 17.8. The van der Waals surface area contributed by atoms with Crippen LogP contribution in [0, 0.1) is 0 Å². The summed E-state index contributed by atoms with van der Waals surface area (Å²) in [5.41, 5.74) is -4.05. The third kappa shape index (κ3) is 4.36. The lowest BCUT2D eigenvalue weighted by Crippen LogP contribution is -2.68.